The Hall–Kier alpha value is -2.42. The summed E-state index contributed by atoms with van der Waals surface area (Å²) in [6, 6.07) is 23.8. The maximum absolute atomic E-state index is 2.43. The van der Waals surface area contributed by atoms with Crippen LogP contribution in [0.1, 0.15) is 75.0 Å². The van der Waals surface area contributed by atoms with Crippen LogP contribution in [0.25, 0.3) is 52.5 Å². The number of fused-ring (bicyclic) bond motifs is 9. The summed E-state index contributed by atoms with van der Waals surface area (Å²) in [5, 5.41) is 11.2. The van der Waals surface area contributed by atoms with Gasteiger partial charge in [0, 0.05) is 29.9 Å². The van der Waals surface area contributed by atoms with E-state index >= 15 is 0 Å². The van der Waals surface area contributed by atoms with Crippen LogP contribution in [0.3, 0.4) is 0 Å². The highest BCUT2D eigenvalue weighted by Crippen LogP contribution is 2.41. The maximum atomic E-state index is 2.43. The van der Waals surface area contributed by atoms with Gasteiger partial charge in [0.1, 0.15) is 0 Å². The van der Waals surface area contributed by atoms with Crippen LogP contribution in [-0.4, -0.2) is 0 Å². The summed E-state index contributed by atoms with van der Waals surface area (Å²) in [5.41, 5.74) is 0. The minimum atomic E-state index is 1.22. The maximum Gasteiger partial charge on any atom is 0.0424 e. The second-order valence-corrected chi connectivity index (χ2v) is 12.7. The normalized spacial score (nSPS) is 12.2. The van der Waals surface area contributed by atoms with Crippen molar-refractivity contribution in [1.29, 1.82) is 0 Å². The first kappa shape index (κ1) is 23.9. The number of hydrogen-bond donors (Lipinski definition) is 0. The summed E-state index contributed by atoms with van der Waals surface area (Å²) in [7, 11) is 0. The van der Waals surface area contributed by atoms with Crippen molar-refractivity contribution in [2.45, 2.75) is 78.1 Å². The van der Waals surface area contributed by atoms with E-state index in [0.717, 1.165) is 0 Å². The summed E-state index contributed by atoms with van der Waals surface area (Å²) >= 11 is 4.03. The summed E-state index contributed by atoms with van der Waals surface area (Å²) < 4.78 is 2.92. The van der Waals surface area contributed by atoms with Gasteiger partial charge in [-0.1, -0.05) is 101 Å². The Morgan fingerprint density at radius 1 is 0.444 bits per heavy atom. The molecule has 0 unspecified atom stereocenters. The van der Waals surface area contributed by atoms with Crippen molar-refractivity contribution in [2.75, 3.05) is 0 Å². The molecule has 0 aliphatic carbocycles. The van der Waals surface area contributed by atoms with Gasteiger partial charge in [-0.25, -0.2) is 0 Å². The number of unbranched alkanes of at least 4 members (excludes halogenated alkanes) is 6. The number of aryl methyl sites for hydroxylation is 2. The second-order valence-electron chi connectivity index (χ2n) is 10.4. The molecule has 0 fully saturated rings. The van der Waals surface area contributed by atoms with Crippen molar-refractivity contribution in [3.05, 3.63) is 70.4 Å². The van der Waals surface area contributed by atoms with Crippen molar-refractivity contribution in [3.63, 3.8) is 0 Å². The van der Waals surface area contributed by atoms with Crippen molar-refractivity contribution in [1.82, 2.24) is 0 Å². The third kappa shape index (κ3) is 4.44. The quantitative estimate of drug-likeness (QED) is 0.127. The molecule has 0 amide bonds. The first-order chi connectivity index (χ1) is 17.8. The number of rotatable bonds is 10. The van der Waals surface area contributed by atoms with Gasteiger partial charge in [0.05, 0.1) is 0 Å². The van der Waals surface area contributed by atoms with E-state index in [1.165, 1.54) is 126 Å². The molecule has 4 aromatic carbocycles. The van der Waals surface area contributed by atoms with Crippen LogP contribution in [0.4, 0.5) is 0 Å². The minimum Gasteiger partial charge on any atom is -0.140 e. The van der Waals surface area contributed by atoms with E-state index in [9.17, 15) is 0 Å². The van der Waals surface area contributed by atoms with Crippen LogP contribution in [0.5, 0.6) is 0 Å². The predicted octanol–water partition coefficient (Wildman–Crippen LogP) is 11.8. The molecule has 0 bridgehead atoms. The zero-order valence-electron chi connectivity index (χ0n) is 21.7. The van der Waals surface area contributed by atoms with Gasteiger partial charge in [0.15, 0.2) is 0 Å². The zero-order chi connectivity index (χ0) is 24.5. The molecule has 0 spiro atoms. The Bertz CT molecular complexity index is 1540. The van der Waals surface area contributed by atoms with E-state index in [4.69, 9.17) is 0 Å². The van der Waals surface area contributed by atoms with Gasteiger partial charge >= 0.3 is 0 Å². The smallest absolute Gasteiger partial charge is 0.0424 e. The molecule has 0 saturated heterocycles. The molecule has 0 aliphatic heterocycles. The van der Waals surface area contributed by atoms with Crippen LogP contribution in [0.2, 0.25) is 0 Å². The molecule has 0 N–H and O–H groups in total. The standard InChI is InChI=1S/C34H36S2/c1-3-5-7-9-11-25-21-23-13-15-29-27-18-20-32-30(28(27)17-19-31(29)33(23)35-25)16-14-24-22-26(36-34(24)32)12-10-8-6-4-2/h13-22H,3-12H2,1-2H3. The van der Waals surface area contributed by atoms with Crippen molar-refractivity contribution in [2.24, 2.45) is 0 Å². The van der Waals surface area contributed by atoms with Gasteiger partial charge in [-0.3, -0.25) is 0 Å². The lowest BCUT2D eigenvalue weighted by Crippen LogP contribution is -1.81. The Labute approximate surface area is 222 Å². The van der Waals surface area contributed by atoms with Gasteiger partial charge in [-0.2, -0.15) is 0 Å². The van der Waals surface area contributed by atoms with E-state index < -0.39 is 0 Å². The molecule has 184 valence electrons. The topological polar surface area (TPSA) is 0 Å². The van der Waals surface area contributed by atoms with Gasteiger partial charge < -0.3 is 0 Å². The average molecular weight is 509 g/mol. The summed E-state index contributed by atoms with van der Waals surface area (Å²) in [6.07, 6.45) is 13.1. The monoisotopic (exact) mass is 508 g/mol. The fraction of sp³-hybridized carbons (Fsp3) is 0.353. The molecule has 6 aromatic rings. The van der Waals surface area contributed by atoms with Gasteiger partial charge in [0.25, 0.3) is 0 Å². The Balaban J connectivity index is 1.39. The highest BCUT2D eigenvalue weighted by Gasteiger charge is 2.12. The van der Waals surface area contributed by atoms with Crippen LogP contribution >= 0.6 is 22.7 Å². The molecule has 0 aliphatic rings. The first-order valence-corrected chi connectivity index (χ1v) is 15.6. The van der Waals surface area contributed by atoms with Gasteiger partial charge in [0.2, 0.25) is 0 Å². The summed E-state index contributed by atoms with van der Waals surface area (Å²) in [4.78, 5) is 3.08. The minimum absolute atomic E-state index is 1.22. The van der Waals surface area contributed by atoms with Crippen molar-refractivity contribution < 1.29 is 0 Å². The van der Waals surface area contributed by atoms with E-state index in [0.29, 0.717) is 0 Å². The third-order valence-corrected chi connectivity index (χ3v) is 10.3. The van der Waals surface area contributed by atoms with Crippen molar-refractivity contribution in [3.8, 4) is 0 Å². The van der Waals surface area contributed by atoms with Gasteiger partial charge in [-0.05, 0) is 70.1 Å². The Morgan fingerprint density at radius 2 is 0.833 bits per heavy atom. The lowest BCUT2D eigenvalue weighted by molar-refractivity contribution is 0.670. The fourth-order valence-corrected chi connectivity index (χ4v) is 8.29. The summed E-state index contributed by atoms with van der Waals surface area (Å²) in [6.45, 7) is 4.57. The summed E-state index contributed by atoms with van der Waals surface area (Å²) in [5.74, 6) is 0. The molecule has 36 heavy (non-hydrogen) atoms. The highest BCUT2D eigenvalue weighted by molar-refractivity contribution is 7.20. The predicted molar refractivity (Wildman–Crippen MR) is 165 cm³/mol. The molecule has 0 nitrogen and oxygen atoms in total. The van der Waals surface area contributed by atoms with Crippen molar-refractivity contribution >= 4 is 75.2 Å². The molecule has 0 atom stereocenters. The van der Waals surface area contributed by atoms with Crippen LogP contribution in [0, 0.1) is 0 Å². The lowest BCUT2D eigenvalue weighted by Gasteiger charge is -2.09. The molecular formula is C34H36S2. The number of thiophene rings is 2. The van der Waals surface area contributed by atoms with Crippen LogP contribution < -0.4 is 0 Å². The third-order valence-electron chi connectivity index (χ3n) is 7.81. The van der Waals surface area contributed by atoms with E-state index in [1.54, 1.807) is 0 Å². The second kappa shape index (κ2) is 10.5. The molecule has 0 radical (unpaired) electrons. The van der Waals surface area contributed by atoms with E-state index in [-0.39, 0.29) is 0 Å². The number of benzene rings is 4. The zero-order valence-corrected chi connectivity index (χ0v) is 23.3. The first-order valence-electron chi connectivity index (χ1n) is 14.0. The highest BCUT2D eigenvalue weighted by atomic mass is 32.1. The molecule has 6 rings (SSSR count). The average Bonchev–Trinajstić information content (AvgIpc) is 3.52. The molecule has 0 saturated carbocycles. The molecule has 2 aromatic heterocycles. The fourth-order valence-electron chi connectivity index (χ4n) is 5.84. The molecule has 2 heterocycles. The largest absolute Gasteiger partial charge is 0.140 e. The van der Waals surface area contributed by atoms with Gasteiger partial charge in [-0.15, -0.1) is 22.7 Å². The Kier molecular flexibility index (Phi) is 7.00. The number of hydrogen-bond acceptors (Lipinski definition) is 2. The lowest BCUT2D eigenvalue weighted by atomic mass is 9.96. The van der Waals surface area contributed by atoms with E-state index in [2.05, 4.69) is 74.5 Å². The van der Waals surface area contributed by atoms with Crippen LogP contribution in [-0.2, 0) is 12.8 Å². The van der Waals surface area contributed by atoms with Crippen LogP contribution in [0.15, 0.2) is 60.7 Å². The SMILES string of the molecule is CCCCCCc1cc2ccc3c4ccc5c(ccc6cc(CCCCCC)sc65)c4ccc3c2s1. The molecular weight excluding hydrogens is 473 g/mol. The Morgan fingerprint density at radius 3 is 1.28 bits per heavy atom. The van der Waals surface area contributed by atoms with E-state index in [1.807, 2.05) is 22.7 Å². The molecule has 2 heteroatoms.